The Morgan fingerprint density at radius 3 is 2.71 bits per heavy atom. The second kappa shape index (κ2) is 6.72. The highest BCUT2D eigenvalue weighted by Crippen LogP contribution is 2.26. The van der Waals surface area contributed by atoms with Crippen molar-refractivity contribution in [3.63, 3.8) is 0 Å². The fourth-order valence-corrected chi connectivity index (χ4v) is 3.37. The highest BCUT2D eigenvalue weighted by molar-refractivity contribution is 7.19. The van der Waals surface area contributed by atoms with Crippen LogP contribution in [-0.4, -0.2) is 29.8 Å². The van der Waals surface area contributed by atoms with Crippen molar-refractivity contribution in [1.29, 1.82) is 0 Å². The molecule has 0 aliphatic rings. The lowest BCUT2D eigenvalue weighted by Gasteiger charge is -2.19. The molecule has 0 saturated carbocycles. The number of rotatable bonds is 5. The van der Waals surface area contributed by atoms with E-state index in [-0.39, 0.29) is 17.9 Å². The standard InChI is InChI=1S/C16H20N2O2S/c1-11(17-12(2)19)8-16(20)18(3)10-14-9-13-6-4-5-7-15(13)21-14/h4-7,9,11H,8,10H2,1-3H3,(H,17,19). The van der Waals surface area contributed by atoms with E-state index >= 15 is 0 Å². The van der Waals surface area contributed by atoms with Gasteiger partial charge in [-0.2, -0.15) is 0 Å². The van der Waals surface area contributed by atoms with E-state index in [0.717, 1.165) is 0 Å². The van der Waals surface area contributed by atoms with Gasteiger partial charge in [0.05, 0.1) is 6.54 Å². The quantitative estimate of drug-likeness (QED) is 0.923. The van der Waals surface area contributed by atoms with Crippen molar-refractivity contribution in [2.75, 3.05) is 7.05 Å². The van der Waals surface area contributed by atoms with Gasteiger partial charge in [0.15, 0.2) is 0 Å². The van der Waals surface area contributed by atoms with E-state index in [2.05, 4.69) is 23.5 Å². The van der Waals surface area contributed by atoms with Crippen molar-refractivity contribution in [1.82, 2.24) is 10.2 Å². The van der Waals surface area contributed by atoms with E-state index in [0.29, 0.717) is 13.0 Å². The highest BCUT2D eigenvalue weighted by atomic mass is 32.1. The van der Waals surface area contributed by atoms with Gasteiger partial charge in [0.25, 0.3) is 0 Å². The predicted molar refractivity (Wildman–Crippen MR) is 86.2 cm³/mol. The Hall–Kier alpha value is -1.88. The van der Waals surface area contributed by atoms with Crippen LogP contribution in [0.4, 0.5) is 0 Å². The second-order valence-corrected chi connectivity index (χ2v) is 6.47. The van der Waals surface area contributed by atoms with Crippen molar-refractivity contribution in [2.24, 2.45) is 0 Å². The molecular formula is C16H20N2O2S. The van der Waals surface area contributed by atoms with E-state index in [1.165, 1.54) is 21.9 Å². The smallest absolute Gasteiger partial charge is 0.224 e. The second-order valence-electron chi connectivity index (χ2n) is 5.31. The van der Waals surface area contributed by atoms with Crippen LogP contribution in [0.15, 0.2) is 30.3 Å². The third-order valence-electron chi connectivity index (χ3n) is 3.23. The number of carbonyl (C=O) groups excluding carboxylic acids is 2. The van der Waals surface area contributed by atoms with Crippen molar-refractivity contribution in [3.8, 4) is 0 Å². The summed E-state index contributed by atoms with van der Waals surface area (Å²) in [5.41, 5.74) is 0. The molecule has 1 atom stereocenters. The van der Waals surface area contributed by atoms with Crippen LogP contribution in [-0.2, 0) is 16.1 Å². The van der Waals surface area contributed by atoms with Crippen LogP contribution >= 0.6 is 11.3 Å². The summed E-state index contributed by atoms with van der Waals surface area (Å²) in [5, 5.41) is 3.94. The zero-order chi connectivity index (χ0) is 15.4. The molecule has 0 spiro atoms. The van der Waals surface area contributed by atoms with Gasteiger partial charge in [0.1, 0.15) is 0 Å². The lowest BCUT2D eigenvalue weighted by atomic mass is 10.2. The Kier molecular flexibility index (Phi) is 4.96. The largest absolute Gasteiger partial charge is 0.353 e. The molecule has 0 saturated heterocycles. The first kappa shape index (κ1) is 15.5. The molecule has 1 heterocycles. The molecule has 2 amide bonds. The van der Waals surface area contributed by atoms with Crippen molar-refractivity contribution >= 4 is 33.2 Å². The molecule has 2 aromatic rings. The molecule has 2 rings (SSSR count). The summed E-state index contributed by atoms with van der Waals surface area (Å²) in [6.07, 6.45) is 0.320. The summed E-state index contributed by atoms with van der Waals surface area (Å²) < 4.78 is 1.24. The average molecular weight is 304 g/mol. The van der Waals surface area contributed by atoms with Crippen LogP contribution in [0.2, 0.25) is 0 Å². The van der Waals surface area contributed by atoms with Crippen LogP contribution < -0.4 is 5.32 Å². The first-order chi connectivity index (χ1) is 9.95. The minimum Gasteiger partial charge on any atom is -0.353 e. The summed E-state index contributed by atoms with van der Waals surface area (Å²) in [4.78, 5) is 26.0. The molecule has 0 aliphatic heterocycles. The summed E-state index contributed by atoms with van der Waals surface area (Å²) in [6.45, 7) is 3.90. The van der Waals surface area contributed by atoms with Gasteiger partial charge < -0.3 is 10.2 Å². The van der Waals surface area contributed by atoms with Gasteiger partial charge in [-0.15, -0.1) is 11.3 Å². The number of amides is 2. The summed E-state index contributed by atoms with van der Waals surface area (Å²) >= 11 is 1.71. The third-order valence-corrected chi connectivity index (χ3v) is 4.33. The Morgan fingerprint density at radius 2 is 2.05 bits per heavy atom. The van der Waals surface area contributed by atoms with Gasteiger partial charge >= 0.3 is 0 Å². The number of nitrogens with zero attached hydrogens (tertiary/aromatic N) is 1. The van der Waals surface area contributed by atoms with Gasteiger partial charge in [-0.25, -0.2) is 0 Å². The minimum atomic E-state index is -0.139. The molecule has 0 aliphatic carbocycles. The van der Waals surface area contributed by atoms with Gasteiger partial charge in [-0.1, -0.05) is 18.2 Å². The number of thiophene rings is 1. The maximum Gasteiger partial charge on any atom is 0.224 e. The first-order valence-electron chi connectivity index (χ1n) is 6.94. The number of nitrogens with one attached hydrogen (secondary N) is 1. The fourth-order valence-electron chi connectivity index (χ4n) is 2.25. The molecule has 1 N–H and O–H groups in total. The van der Waals surface area contributed by atoms with Crippen molar-refractivity contribution in [2.45, 2.75) is 32.9 Å². The van der Waals surface area contributed by atoms with Gasteiger partial charge in [-0.3, -0.25) is 9.59 Å². The van der Waals surface area contributed by atoms with Crippen LogP contribution in [0, 0.1) is 0 Å². The van der Waals surface area contributed by atoms with E-state index in [1.807, 2.05) is 19.1 Å². The van der Waals surface area contributed by atoms with Gasteiger partial charge in [0, 0.05) is 36.0 Å². The molecule has 21 heavy (non-hydrogen) atoms. The molecule has 5 heteroatoms. The van der Waals surface area contributed by atoms with E-state index in [9.17, 15) is 9.59 Å². The molecule has 112 valence electrons. The molecule has 0 fully saturated rings. The lowest BCUT2D eigenvalue weighted by Crippen LogP contribution is -2.36. The Balaban J connectivity index is 1.95. The number of benzene rings is 1. The number of hydrogen-bond acceptors (Lipinski definition) is 3. The number of carbonyl (C=O) groups is 2. The monoisotopic (exact) mass is 304 g/mol. The molecule has 0 radical (unpaired) electrons. The minimum absolute atomic E-state index is 0.0358. The molecule has 4 nitrogen and oxygen atoms in total. The Labute approximate surface area is 128 Å². The highest BCUT2D eigenvalue weighted by Gasteiger charge is 2.15. The molecular weight excluding hydrogens is 284 g/mol. The summed E-state index contributed by atoms with van der Waals surface area (Å²) in [6, 6.07) is 10.2. The average Bonchev–Trinajstić information content (AvgIpc) is 2.79. The maximum absolute atomic E-state index is 12.1. The normalized spacial score (nSPS) is 12.1. The molecule has 0 bridgehead atoms. The van der Waals surface area contributed by atoms with Gasteiger partial charge in [-0.05, 0) is 24.4 Å². The van der Waals surface area contributed by atoms with Gasteiger partial charge in [0.2, 0.25) is 11.8 Å². The SMILES string of the molecule is CC(=O)NC(C)CC(=O)N(C)Cc1cc2ccccc2s1. The summed E-state index contributed by atoms with van der Waals surface area (Å²) in [5.74, 6) is -0.0730. The van der Waals surface area contributed by atoms with Crippen molar-refractivity contribution in [3.05, 3.63) is 35.2 Å². The molecule has 1 aromatic heterocycles. The fraction of sp³-hybridized carbons (Fsp3) is 0.375. The maximum atomic E-state index is 12.1. The summed E-state index contributed by atoms with van der Waals surface area (Å²) in [7, 11) is 1.80. The number of fused-ring (bicyclic) bond motifs is 1. The van der Waals surface area contributed by atoms with Crippen LogP contribution in [0.5, 0.6) is 0 Å². The van der Waals surface area contributed by atoms with Crippen LogP contribution in [0.3, 0.4) is 0 Å². The number of hydrogen-bond donors (Lipinski definition) is 1. The molecule has 1 unspecified atom stereocenters. The zero-order valence-corrected chi connectivity index (χ0v) is 13.4. The van der Waals surface area contributed by atoms with E-state index in [4.69, 9.17) is 0 Å². The van der Waals surface area contributed by atoms with Crippen LogP contribution in [0.25, 0.3) is 10.1 Å². The third kappa shape index (κ3) is 4.29. The molecule has 1 aromatic carbocycles. The van der Waals surface area contributed by atoms with Crippen molar-refractivity contribution < 1.29 is 9.59 Å². The Bertz CT molecular complexity index is 618. The zero-order valence-electron chi connectivity index (χ0n) is 12.6. The van der Waals surface area contributed by atoms with Crippen LogP contribution in [0.1, 0.15) is 25.1 Å². The first-order valence-corrected chi connectivity index (χ1v) is 7.76. The van der Waals surface area contributed by atoms with E-state index < -0.39 is 0 Å². The Morgan fingerprint density at radius 1 is 1.33 bits per heavy atom. The van der Waals surface area contributed by atoms with E-state index in [1.54, 1.807) is 23.3 Å². The lowest BCUT2D eigenvalue weighted by molar-refractivity contribution is -0.131. The predicted octanol–water partition coefficient (Wildman–Crippen LogP) is 2.77. The topological polar surface area (TPSA) is 49.4 Å².